The molecule has 0 saturated heterocycles. The van der Waals surface area contributed by atoms with Gasteiger partial charge in [-0.25, -0.2) is 0 Å². The minimum absolute atomic E-state index is 0.00782. The summed E-state index contributed by atoms with van der Waals surface area (Å²) < 4.78 is 5.49. The minimum Gasteiger partial charge on any atom is -0.462 e. The van der Waals surface area contributed by atoms with Gasteiger partial charge in [-0.3, -0.25) is 4.79 Å². The number of hydrogen-bond acceptors (Lipinski definition) is 2. The molecule has 0 aliphatic rings. The van der Waals surface area contributed by atoms with E-state index in [1.54, 1.807) is 0 Å². The molecule has 18 heavy (non-hydrogen) atoms. The van der Waals surface area contributed by atoms with Crippen molar-refractivity contribution in [3.05, 3.63) is 0 Å². The summed E-state index contributed by atoms with van der Waals surface area (Å²) >= 11 is 0. The molecule has 0 N–H and O–H groups in total. The molecule has 0 bridgehead atoms. The highest BCUT2D eigenvalue weighted by Crippen LogP contribution is 2.12. The maximum Gasteiger partial charge on any atom is 0.306 e. The van der Waals surface area contributed by atoms with Crippen molar-refractivity contribution in [2.24, 2.45) is 0 Å². The molecular formula is C16H32O2. The van der Waals surface area contributed by atoms with E-state index in [1.807, 2.05) is 0 Å². The van der Waals surface area contributed by atoms with Gasteiger partial charge < -0.3 is 4.74 Å². The fourth-order valence-electron chi connectivity index (χ4n) is 2.07. The normalized spacial score (nSPS) is 12.4. The van der Waals surface area contributed by atoms with Crippen molar-refractivity contribution < 1.29 is 9.53 Å². The SMILES string of the molecule is CCCCCCCCC(=O)OC(CC)CCCC. The van der Waals surface area contributed by atoms with Crippen molar-refractivity contribution >= 4 is 5.97 Å². The van der Waals surface area contributed by atoms with E-state index in [2.05, 4.69) is 20.8 Å². The van der Waals surface area contributed by atoms with Gasteiger partial charge in [0.05, 0.1) is 0 Å². The number of rotatable bonds is 12. The first-order valence-corrected chi connectivity index (χ1v) is 7.94. The van der Waals surface area contributed by atoms with Gasteiger partial charge in [-0.15, -0.1) is 0 Å². The van der Waals surface area contributed by atoms with Gasteiger partial charge in [-0.1, -0.05) is 65.7 Å². The van der Waals surface area contributed by atoms with Crippen molar-refractivity contribution in [1.82, 2.24) is 0 Å². The van der Waals surface area contributed by atoms with Gasteiger partial charge in [0, 0.05) is 6.42 Å². The highest BCUT2D eigenvalue weighted by molar-refractivity contribution is 5.69. The summed E-state index contributed by atoms with van der Waals surface area (Å²) in [6, 6.07) is 0. The zero-order valence-electron chi connectivity index (χ0n) is 12.7. The molecule has 1 atom stereocenters. The molecule has 0 radical (unpaired) electrons. The van der Waals surface area contributed by atoms with E-state index >= 15 is 0 Å². The molecule has 0 rings (SSSR count). The van der Waals surface area contributed by atoms with Gasteiger partial charge >= 0.3 is 5.97 Å². The largest absolute Gasteiger partial charge is 0.462 e. The molecule has 0 aromatic carbocycles. The van der Waals surface area contributed by atoms with E-state index in [0.29, 0.717) is 6.42 Å². The average Bonchev–Trinajstić information content (AvgIpc) is 2.38. The molecule has 2 nitrogen and oxygen atoms in total. The highest BCUT2D eigenvalue weighted by atomic mass is 16.5. The Bertz CT molecular complexity index is 190. The number of unbranched alkanes of at least 4 members (excludes halogenated alkanes) is 6. The summed E-state index contributed by atoms with van der Waals surface area (Å²) in [6.45, 7) is 6.49. The lowest BCUT2D eigenvalue weighted by Crippen LogP contribution is -2.17. The Labute approximate surface area is 113 Å². The van der Waals surface area contributed by atoms with E-state index in [9.17, 15) is 4.79 Å². The zero-order valence-corrected chi connectivity index (χ0v) is 12.7. The zero-order chi connectivity index (χ0) is 13.6. The first-order chi connectivity index (χ1) is 8.74. The number of esters is 1. The second-order valence-corrected chi connectivity index (χ2v) is 5.18. The van der Waals surface area contributed by atoms with E-state index < -0.39 is 0 Å². The van der Waals surface area contributed by atoms with Crippen LogP contribution in [-0.4, -0.2) is 12.1 Å². The lowest BCUT2D eigenvalue weighted by molar-refractivity contribution is -0.149. The third-order valence-electron chi connectivity index (χ3n) is 3.37. The summed E-state index contributed by atoms with van der Waals surface area (Å²) in [5, 5.41) is 0. The molecular weight excluding hydrogens is 224 g/mol. The van der Waals surface area contributed by atoms with Crippen LogP contribution in [0.5, 0.6) is 0 Å². The molecule has 0 aliphatic heterocycles. The van der Waals surface area contributed by atoms with Crippen LogP contribution in [0.2, 0.25) is 0 Å². The van der Waals surface area contributed by atoms with Crippen molar-refractivity contribution in [2.45, 2.75) is 97.5 Å². The highest BCUT2D eigenvalue weighted by Gasteiger charge is 2.11. The van der Waals surface area contributed by atoms with Crippen LogP contribution in [0.4, 0.5) is 0 Å². The molecule has 0 amide bonds. The number of ether oxygens (including phenoxy) is 1. The summed E-state index contributed by atoms with van der Waals surface area (Å²) in [5.41, 5.74) is 0. The predicted molar refractivity (Wildman–Crippen MR) is 77.7 cm³/mol. The van der Waals surface area contributed by atoms with Gasteiger partial charge in [0.15, 0.2) is 0 Å². The van der Waals surface area contributed by atoms with E-state index in [1.165, 1.54) is 38.5 Å². The van der Waals surface area contributed by atoms with Gasteiger partial charge in [0.25, 0.3) is 0 Å². The van der Waals surface area contributed by atoms with Gasteiger partial charge in [-0.05, 0) is 19.3 Å². The van der Waals surface area contributed by atoms with Crippen LogP contribution in [0.1, 0.15) is 91.4 Å². The van der Waals surface area contributed by atoms with Crippen LogP contribution >= 0.6 is 0 Å². The maximum atomic E-state index is 11.6. The molecule has 0 aliphatic carbocycles. The topological polar surface area (TPSA) is 26.3 Å². The second kappa shape index (κ2) is 12.9. The monoisotopic (exact) mass is 256 g/mol. The molecule has 0 aromatic rings. The smallest absolute Gasteiger partial charge is 0.306 e. The molecule has 0 spiro atoms. The summed E-state index contributed by atoms with van der Waals surface area (Å²) in [5.74, 6) is 0.00782. The van der Waals surface area contributed by atoms with Crippen molar-refractivity contribution in [1.29, 1.82) is 0 Å². The molecule has 1 unspecified atom stereocenters. The summed E-state index contributed by atoms with van der Waals surface area (Å²) in [6.07, 6.45) is 12.4. The third-order valence-corrected chi connectivity index (χ3v) is 3.37. The standard InChI is InChI=1S/C16H32O2/c1-4-7-9-10-11-12-14-16(17)18-15(6-3)13-8-5-2/h15H,4-14H2,1-3H3. The molecule has 2 heteroatoms. The summed E-state index contributed by atoms with van der Waals surface area (Å²) in [7, 11) is 0. The molecule has 108 valence electrons. The molecule has 0 heterocycles. The Balaban J connectivity index is 3.50. The molecule has 0 aromatic heterocycles. The van der Waals surface area contributed by atoms with Crippen molar-refractivity contribution in [3.63, 3.8) is 0 Å². The number of carbonyl (C=O) groups is 1. The lowest BCUT2D eigenvalue weighted by Gasteiger charge is -2.15. The van der Waals surface area contributed by atoms with Crippen LogP contribution in [0, 0.1) is 0 Å². The van der Waals surface area contributed by atoms with Gasteiger partial charge in [0.1, 0.15) is 6.10 Å². The average molecular weight is 256 g/mol. The van der Waals surface area contributed by atoms with Crippen LogP contribution in [0.3, 0.4) is 0 Å². The van der Waals surface area contributed by atoms with E-state index in [-0.39, 0.29) is 12.1 Å². The van der Waals surface area contributed by atoms with Crippen molar-refractivity contribution in [2.75, 3.05) is 0 Å². The quantitative estimate of drug-likeness (QED) is 0.352. The Hall–Kier alpha value is -0.530. The van der Waals surface area contributed by atoms with E-state index in [4.69, 9.17) is 4.74 Å². The van der Waals surface area contributed by atoms with Crippen LogP contribution < -0.4 is 0 Å². The van der Waals surface area contributed by atoms with Crippen LogP contribution in [0.25, 0.3) is 0 Å². The molecule has 0 saturated carbocycles. The Morgan fingerprint density at radius 1 is 0.889 bits per heavy atom. The fourth-order valence-corrected chi connectivity index (χ4v) is 2.07. The third kappa shape index (κ3) is 10.6. The minimum atomic E-state index is 0.00782. The first-order valence-electron chi connectivity index (χ1n) is 7.94. The first kappa shape index (κ1) is 17.5. The van der Waals surface area contributed by atoms with Crippen molar-refractivity contribution in [3.8, 4) is 0 Å². The maximum absolute atomic E-state index is 11.6. The Morgan fingerprint density at radius 3 is 2.11 bits per heavy atom. The summed E-state index contributed by atoms with van der Waals surface area (Å²) in [4.78, 5) is 11.6. The lowest BCUT2D eigenvalue weighted by atomic mass is 10.1. The predicted octanol–water partition coefficient (Wildman–Crippen LogP) is 5.25. The fraction of sp³-hybridized carbons (Fsp3) is 0.938. The van der Waals surface area contributed by atoms with E-state index in [0.717, 1.165) is 25.7 Å². The van der Waals surface area contributed by atoms with Crippen LogP contribution in [0.15, 0.2) is 0 Å². The Morgan fingerprint density at radius 2 is 1.50 bits per heavy atom. The van der Waals surface area contributed by atoms with Gasteiger partial charge in [0.2, 0.25) is 0 Å². The number of hydrogen-bond donors (Lipinski definition) is 0. The van der Waals surface area contributed by atoms with Crippen LogP contribution in [-0.2, 0) is 9.53 Å². The van der Waals surface area contributed by atoms with Gasteiger partial charge in [-0.2, -0.15) is 0 Å². The Kier molecular flexibility index (Phi) is 12.5. The second-order valence-electron chi connectivity index (χ2n) is 5.18. The molecule has 0 fully saturated rings. The number of carbonyl (C=O) groups excluding carboxylic acids is 1.